The largest absolute Gasteiger partial charge is 0.598 e. The summed E-state index contributed by atoms with van der Waals surface area (Å²) in [6.07, 6.45) is 2.88. The Morgan fingerprint density at radius 2 is 2.07 bits per heavy atom. The van der Waals surface area contributed by atoms with Crippen molar-refractivity contribution in [3.63, 3.8) is 0 Å². The minimum Gasteiger partial charge on any atom is -0.598 e. The van der Waals surface area contributed by atoms with Crippen LogP contribution < -0.4 is 4.72 Å². The molecule has 1 fully saturated rings. The smallest absolute Gasteiger partial charge is 0.219 e. The van der Waals surface area contributed by atoms with Gasteiger partial charge in [0.15, 0.2) is 6.29 Å². The lowest BCUT2D eigenvalue weighted by atomic mass is 9.89. The van der Waals surface area contributed by atoms with E-state index in [1.165, 1.54) is 5.56 Å². The van der Waals surface area contributed by atoms with E-state index in [2.05, 4.69) is 4.72 Å². The first-order valence-corrected chi connectivity index (χ1v) is 12.2. The Hall–Kier alpha value is -0.830. The fourth-order valence-corrected chi connectivity index (χ4v) is 4.97. The molecule has 168 valence electrons. The Morgan fingerprint density at radius 1 is 1.37 bits per heavy atom. The van der Waals surface area contributed by atoms with Gasteiger partial charge in [-0.2, -0.15) is 0 Å². The zero-order valence-electron chi connectivity index (χ0n) is 18.3. The summed E-state index contributed by atoms with van der Waals surface area (Å²) in [5.74, 6) is 0.0669. The Bertz CT molecular complexity index is 749. The van der Waals surface area contributed by atoms with Crippen molar-refractivity contribution in [2.45, 2.75) is 77.0 Å². The van der Waals surface area contributed by atoms with Gasteiger partial charge < -0.3 is 18.9 Å². The molecule has 0 bridgehead atoms. The quantitative estimate of drug-likeness (QED) is 0.657. The van der Waals surface area contributed by atoms with Crippen LogP contribution in [0.5, 0.6) is 0 Å². The highest BCUT2D eigenvalue weighted by Crippen LogP contribution is 2.34. The van der Waals surface area contributed by atoms with Gasteiger partial charge in [0.1, 0.15) is 4.75 Å². The molecule has 0 aromatic heterocycles. The van der Waals surface area contributed by atoms with Crippen molar-refractivity contribution in [3.8, 4) is 0 Å². The maximum Gasteiger partial charge on any atom is 0.219 e. The normalized spacial score (nSPS) is 20.0. The second kappa shape index (κ2) is 10.2. The van der Waals surface area contributed by atoms with Crippen LogP contribution in [0, 0.1) is 0 Å². The number of benzene rings is 1. The molecule has 0 radical (unpaired) electrons. The number of carbonyl (C=O) groups is 1. The number of nitrogens with zero attached hydrogens (tertiary/aromatic N) is 1. The molecule has 3 rings (SSSR count). The van der Waals surface area contributed by atoms with Crippen LogP contribution in [-0.4, -0.2) is 46.2 Å². The van der Waals surface area contributed by atoms with Gasteiger partial charge in [0, 0.05) is 42.8 Å². The topological polar surface area (TPSA) is 73.9 Å². The highest BCUT2D eigenvalue weighted by Gasteiger charge is 2.33. The van der Waals surface area contributed by atoms with Gasteiger partial charge in [-0.1, -0.05) is 11.6 Å². The molecule has 1 aromatic carbocycles. The third-order valence-electron chi connectivity index (χ3n) is 5.55. The van der Waals surface area contributed by atoms with Crippen LogP contribution in [0.25, 0.3) is 0 Å². The second-order valence-electron chi connectivity index (χ2n) is 8.98. The second-order valence-corrected chi connectivity index (χ2v) is 11.4. The van der Waals surface area contributed by atoms with Gasteiger partial charge in [0.05, 0.1) is 19.3 Å². The van der Waals surface area contributed by atoms with Crippen molar-refractivity contribution >= 4 is 28.9 Å². The summed E-state index contributed by atoms with van der Waals surface area (Å²) >= 11 is 5.24. The van der Waals surface area contributed by atoms with Gasteiger partial charge in [0.25, 0.3) is 0 Å². The third kappa shape index (κ3) is 6.11. The van der Waals surface area contributed by atoms with E-state index in [1.807, 2.05) is 37.8 Å². The van der Waals surface area contributed by atoms with Crippen molar-refractivity contribution in [2.75, 3.05) is 19.8 Å². The molecule has 2 heterocycles. The number of ether oxygens (including phenoxy) is 2. The molecular weight excluding hydrogens is 424 g/mol. The van der Waals surface area contributed by atoms with E-state index in [4.69, 9.17) is 21.1 Å². The van der Waals surface area contributed by atoms with E-state index < -0.39 is 11.4 Å². The third-order valence-corrected chi connectivity index (χ3v) is 7.38. The number of amides is 1. The lowest BCUT2D eigenvalue weighted by Crippen LogP contribution is -2.42. The summed E-state index contributed by atoms with van der Waals surface area (Å²) in [7, 11) is 0. The van der Waals surface area contributed by atoms with Gasteiger partial charge in [-0.05, 0) is 68.9 Å². The Kier molecular flexibility index (Phi) is 8.09. The van der Waals surface area contributed by atoms with E-state index in [-0.39, 0.29) is 23.0 Å². The predicted molar refractivity (Wildman–Crippen MR) is 120 cm³/mol. The van der Waals surface area contributed by atoms with E-state index in [0.717, 1.165) is 30.4 Å². The van der Waals surface area contributed by atoms with Crippen LogP contribution in [0.3, 0.4) is 0 Å². The van der Waals surface area contributed by atoms with E-state index in [9.17, 15) is 9.35 Å². The average Bonchev–Trinajstić information content (AvgIpc) is 2.69. The molecule has 1 aromatic rings. The van der Waals surface area contributed by atoms with E-state index >= 15 is 0 Å². The Balaban J connectivity index is 1.87. The van der Waals surface area contributed by atoms with Gasteiger partial charge in [-0.3, -0.25) is 4.79 Å². The Labute approximate surface area is 187 Å². The number of fused-ring (bicyclic) bond motifs is 1. The highest BCUT2D eigenvalue weighted by atomic mass is 35.5. The highest BCUT2D eigenvalue weighted by molar-refractivity contribution is 7.90. The van der Waals surface area contributed by atoms with Crippen LogP contribution in [0.1, 0.15) is 69.7 Å². The minimum atomic E-state index is -1.24. The molecule has 0 aliphatic carbocycles. The Morgan fingerprint density at radius 3 is 2.70 bits per heavy atom. The van der Waals surface area contributed by atoms with Gasteiger partial charge in [-0.25, -0.2) is 0 Å². The minimum absolute atomic E-state index is 0.0669. The maximum atomic E-state index is 12.9. The molecule has 1 amide bonds. The zero-order valence-corrected chi connectivity index (χ0v) is 19.9. The molecule has 6 nitrogen and oxygen atoms in total. The van der Waals surface area contributed by atoms with E-state index in [1.54, 1.807) is 6.92 Å². The molecule has 30 heavy (non-hydrogen) atoms. The number of halogens is 1. The van der Waals surface area contributed by atoms with Gasteiger partial charge in [0.2, 0.25) is 5.91 Å². The van der Waals surface area contributed by atoms with Gasteiger partial charge >= 0.3 is 0 Å². The maximum absolute atomic E-state index is 12.9. The molecule has 2 aliphatic heterocycles. The number of hydrogen-bond acceptors (Lipinski definition) is 5. The fourth-order valence-electron chi connectivity index (χ4n) is 3.86. The molecule has 0 spiro atoms. The molecule has 2 atom stereocenters. The van der Waals surface area contributed by atoms with Crippen molar-refractivity contribution in [1.29, 1.82) is 0 Å². The summed E-state index contributed by atoms with van der Waals surface area (Å²) in [6, 6.07) is 3.78. The van der Waals surface area contributed by atoms with Crippen molar-refractivity contribution in [1.82, 2.24) is 9.62 Å². The molecule has 1 N–H and O–H groups in total. The fraction of sp³-hybridized carbons (Fsp3) is 0.682. The van der Waals surface area contributed by atoms with Crippen LogP contribution in [0.4, 0.5) is 0 Å². The molecule has 1 saturated heterocycles. The lowest BCUT2D eigenvalue weighted by Gasteiger charge is -2.34. The summed E-state index contributed by atoms with van der Waals surface area (Å²) < 4.78 is 27.3. The van der Waals surface area contributed by atoms with Crippen molar-refractivity contribution in [2.24, 2.45) is 0 Å². The average molecular weight is 457 g/mol. The standard InChI is InChI=1S/C22H33ClN2O4S/c1-15(26)25-9-8-18-16(14-25)12-17(23)13-19(18)20(24-30(27)22(2,3)4)6-7-21-28-10-5-11-29-21/h12-13,20-21,24H,5-11,14H2,1-4H3/t20-,30-/m0/s1. The summed E-state index contributed by atoms with van der Waals surface area (Å²) in [4.78, 5) is 13.7. The number of carbonyl (C=O) groups excluding carboxylic acids is 1. The van der Waals surface area contributed by atoms with E-state index in [0.29, 0.717) is 37.7 Å². The van der Waals surface area contributed by atoms with Crippen LogP contribution in [0.2, 0.25) is 5.02 Å². The molecule has 2 aliphatic rings. The lowest BCUT2D eigenvalue weighted by molar-refractivity contribution is -0.182. The molecule has 0 unspecified atom stereocenters. The van der Waals surface area contributed by atoms with Crippen LogP contribution in [0.15, 0.2) is 12.1 Å². The SMILES string of the molecule is CC(=O)N1CCc2c(cc(Cl)cc2[C@H](CCC2OCCCO2)N[S@@+]([O-])C(C)(C)C)C1. The predicted octanol–water partition coefficient (Wildman–Crippen LogP) is 3.88. The number of nitrogens with one attached hydrogen (secondary N) is 1. The van der Waals surface area contributed by atoms with Gasteiger partial charge in [-0.15, -0.1) is 4.72 Å². The summed E-state index contributed by atoms with van der Waals surface area (Å²) in [6.45, 7) is 10.1. The summed E-state index contributed by atoms with van der Waals surface area (Å²) in [5.41, 5.74) is 3.33. The van der Waals surface area contributed by atoms with Crippen molar-refractivity contribution in [3.05, 3.63) is 33.8 Å². The first kappa shape index (κ1) is 23.8. The van der Waals surface area contributed by atoms with Crippen molar-refractivity contribution < 1.29 is 18.8 Å². The number of hydrogen-bond donors (Lipinski definition) is 1. The zero-order chi connectivity index (χ0) is 21.9. The molecule has 8 heteroatoms. The summed E-state index contributed by atoms with van der Waals surface area (Å²) in [5, 5.41) is 0.632. The first-order chi connectivity index (χ1) is 14.1. The number of rotatable bonds is 6. The van der Waals surface area contributed by atoms with Crippen LogP contribution >= 0.6 is 11.6 Å². The molecule has 0 saturated carbocycles. The monoisotopic (exact) mass is 456 g/mol. The van der Waals surface area contributed by atoms with Crippen LogP contribution in [-0.2, 0) is 38.6 Å². The first-order valence-electron chi connectivity index (χ1n) is 10.6. The molecular formula is C22H33ClN2O4S.